The lowest BCUT2D eigenvalue weighted by Crippen LogP contribution is -2.29. The van der Waals surface area contributed by atoms with Gasteiger partial charge in [-0.05, 0) is 51.6 Å². The van der Waals surface area contributed by atoms with Crippen molar-refractivity contribution in [2.75, 3.05) is 43.9 Å². The monoisotopic (exact) mass is 495 g/mol. The molecule has 0 radical (unpaired) electrons. The van der Waals surface area contributed by atoms with Gasteiger partial charge in [0, 0.05) is 47.4 Å². The quantitative estimate of drug-likeness (QED) is 0.325. The molecule has 37 heavy (non-hydrogen) atoms. The Hall–Kier alpha value is -4.31. The van der Waals surface area contributed by atoms with Crippen molar-refractivity contribution in [3.05, 3.63) is 49.2 Å². The number of likely N-dealkylation sites (N-methyl/N-ethyl adjacent to an activating group) is 1. The largest absolute Gasteiger partial charge is 0.370 e. The molecule has 1 fully saturated rings. The first kappa shape index (κ1) is 23.1. The number of pyridine rings is 3. The maximum Gasteiger partial charge on any atom is 0.238 e. The predicted octanol–water partition coefficient (Wildman–Crippen LogP) is 4.05. The average molecular weight is 496 g/mol. The second kappa shape index (κ2) is 9.62. The molecule has 0 aromatic carbocycles. The molecule has 1 aliphatic rings. The summed E-state index contributed by atoms with van der Waals surface area (Å²) in [6.07, 6.45) is 12.7. The molecule has 0 spiro atoms. The van der Waals surface area contributed by atoms with Crippen molar-refractivity contribution in [3.8, 4) is 22.5 Å². The fraction of sp³-hybridized carbons (Fsp3) is 0.296. The number of hydrogen-bond acceptors (Lipinski definition) is 7. The molecule has 0 unspecified atom stereocenters. The van der Waals surface area contributed by atoms with Crippen molar-refractivity contribution >= 4 is 39.2 Å². The summed E-state index contributed by atoms with van der Waals surface area (Å²) in [6, 6.07) is 6.12. The van der Waals surface area contributed by atoms with Gasteiger partial charge in [-0.2, -0.15) is 5.10 Å². The van der Waals surface area contributed by atoms with Gasteiger partial charge < -0.3 is 20.1 Å². The number of rotatable bonds is 6. The van der Waals surface area contributed by atoms with E-state index in [-0.39, 0.29) is 5.91 Å². The van der Waals surface area contributed by atoms with E-state index in [1.165, 1.54) is 19.3 Å². The van der Waals surface area contributed by atoms with E-state index in [1.807, 2.05) is 37.5 Å². The topological polar surface area (TPSA) is 119 Å². The van der Waals surface area contributed by atoms with E-state index in [9.17, 15) is 4.79 Å². The van der Waals surface area contributed by atoms with Gasteiger partial charge in [-0.3, -0.25) is 19.9 Å². The van der Waals surface area contributed by atoms with Crippen molar-refractivity contribution in [3.63, 3.8) is 0 Å². The molecule has 10 heteroatoms. The van der Waals surface area contributed by atoms with E-state index in [2.05, 4.69) is 52.5 Å². The molecular formula is C27H29N9O. The zero-order valence-electron chi connectivity index (χ0n) is 21.0. The Morgan fingerprint density at radius 2 is 1.78 bits per heavy atom. The Balaban J connectivity index is 1.35. The molecule has 0 atom stereocenters. The number of aromatic nitrogens is 6. The molecule has 10 nitrogen and oxygen atoms in total. The maximum atomic E-state index is 12.2. The van der Waals surface area contributed by atoms with E-state index in [4.69, 9.17) is 0 Å². The van der Waals surface area contributed by atoms with Crippen LogP contribution in [-0.4, -0.2) is 74.7 Å². The Kier molecular flexibility index (Phi) is 6.01. The summed E-state index contributed by atoms with van der Waals surface area (Å²) in [5.74, 6) is -0.0909. The van der Waals surface area contributed by atoms with E-state index >= 15 is 0 Å². The van der Waals surface area contributed by atoms with Crippen LogP contribution in [0.3, 0.4) is 0 Å². The van der Waals surface area contributed by atoms with Crippen LogP contribution in [0, 0.1) is 0 Å². The molecule has 5 aromatic rings. The summed E-state index contributed by atoms with van der Waals surface area (Å²) in [5.41, 5.74) is 6.96. The zero-order valence-corrected chi connectivity index (χ0v) is 21.0. The third kappa shape index (κ3) is 4.63. The second-order valence-corrected chi connectivity index (χ2v) is 9.79. The minimum atomic E-state index is -0.0909. The van der Waals surface area contributed by atoms with Crippen LogP contribution < -0.4 is 10.2 Å². The van der Waals surface area contributed by atoms with Gasteiger partial charge in [0.15, 0.2) is 5.65 Å². The van der Waals surface area contributed by atoms with Crippen molar-refractivity contribution in [2.24, 2.45) is 0 Å². The number of amides is 1. The van der Waals surface area contributed by atoms with Gasteiger partial charge in [-0.15, -0.1) is 0 Å². The van der Waals surface area contributed by atoms with E-state index in [1.54, 1.807) is 18.6 Å². The van der Waals surface area contributed by atoms with Gasteiger partial charge in [0.2, 0.25) is 5.91 Å². The SMILES string of the molecule is CN(C)CC(=O)Nc1cncc(-c2cnc3[nH]nc(-c4cc5c(N6CCCCC6)cncc5[nH]4)c3c2)c1. The molecule has 188 valence electrons. The van der Waals surface area contributed by atoms with Crippen molar-refractivity contribution in [2.45, 2.75) is 19.3 Å². The summed E-state index contributed by atoms with van der Waals surface area (Å²) in [7, 11) is 3.71. The Morgan fingerprint density at radius 3 is 2.62 bits per heavy atom. The number of piperidine rings is 1. The molecule has 0 saturated carbocycles. The average Bonchev–Trinajstić information content (AvgIpc) is 3.52. The molecular weight excluding hydrogens is 466 g/mol. The van der Waals surface area contributed by atoms with Crippen LogP contribution in [0.5, 0.6) is 0 Å². The zero-order chi connectivity index (χ0) is 25.4. The van der Waals surface area contributed by atoms with Crippen LogP contribution in [0.2, 0.25) is 0 Å². The minimum Gasteiger partial charge on any atom is -0.370 e. The third-order valence-corrected chi connectivity index (χ3v) is 6.71. The molecule has 1 saturated heterocycles. The standard InChI is InChI=1S/C27H29N9O/c1-35(2)16-25(37)31-19-8-17(11-28-13-19)18-9-21-26(33-34-27(21)30-12-18)22-10-20-23(32-22)14-29-15-24(20)36-6-4-3-5-7-36/h8-15,32H,3-7,16H2,1-2H3,(H,31,37)(H,30,33,34). The Labute approximate surface area is 214 Å². The molecule has 3 N–H and O–H groups in total. The highest BCUT2D eigenvalue weighted by molar-refractivity contribution is 5.99. The van der Waals surface area contributed by atoms with Crippen LogP contribution in [0.15, 0.2) is 49.2 Å². The Morgan fingerprint density at radius 1 is 0.973 bits per heavy atom. The third-order valence-electron chi connectivity index (χ3n) is 6.71. The summed E-state index contributed by atoms with van der Waals surface area (Å²) in [5, 5.41) is 12.6. The van der Waals surface area contributed by atoms with Crippen LogP contribution in [0.1, 0.15) is 19.3 Å². The first-order chi connectivity index (χ1) is 18.0. The first-order valence-corrected chi connectivity index (χ1v) is 12.5. The highest BCUT2D eigenvalue weighted by atomic mass is 16.2. The van der Waals surface area contributed by atoms with Crippen molar-refractivity contribution < 1.29 is 4.79 Å². The first-order valence-electron chi connectivity index (χ1n) is 12.5. The van der Waals surface area contributed by atoms with Gasteiger partial charge in [-0.1, -0.05) is 0 Å². The van der Waals surface area contributed by atoms with E-state index in [0.717, 1.165) is 57.6 Å². The fourth-order valence-corrected chi connectivity index (χ4v) is 4.97. The number of carbonyl (C=O) groups excluding carboxylic acids is 1. The molecule has 6 rings (SSSR count). The lowest BCUT2D eigenvalue weighted by molar-refractivity contribution is -0.116. The molecule has 0 aliphatic carbocycles. The smallest absolute Gasteiger partial charge is 0.238 e. The second-order valence-electron chi connectivity index (χ2n) is 9.79. The van der Waals surface area contributed by atoms with Crippen LogP contribution in [0.4, 0.5) is 11.4 Å². The molecule has 1 amide bonds. The lowest BCUT2D eigenvalue weighted by atomic mass is 10.1. The van der Waals surface area contributed by atoms with Gasteiger partial charge in [0.25, 0.3) is 0 Å². The number of carbonyl (C=O) groups is 1. The summed E-state index contributed by atoms with van der Waals surface area (Å²) < 4.78 is 0. The highest BCUT2D eigenvalue weighted by Crippen LogP contribution is 2.34. The summed E-state index contributed by atoms with van der Waals surface area (Å²) in [4.78, 5) is 33.4. The number of nitrogens with one attached hydrogen (secondary N) is 3. The van der Waals surface area contributed by atoms with Gasteiger partial charge in [-0.25, -0.2) is 4.98 Å². The summed E-state index contributed by atoms with van der Waals surface area (Å²) in [6.45, 7) is 2.42. The number of aromatic amines is 2. The Bertz CT molecular complexity index is 1580. The lowest BCUT2D eigenvalue weighted by Gasteiger charge is -2.28. The van der Waals surface area contributed by atoms with Crippen LogP contribution in [0.25, 0.3) is 44.5 Å². The fourth-order valence-electron chi connectivity index (χ4n) is 4.97. The van der Waals surface area contributed by atoms with Crippen molar-refractivity contribution in [1.29, 1.82) is 0 Å². The van der Waals surface area contributed by atoms with Crippen LogP contribution in [-0.2, 0) is 4.79 Å². The molecule has 1 aliphatic heterocycles. The minimum absolute atomic E-state index is 0.0909. The van der Waals surface area contributed by atoms with Gasteiger partial charge in [0.05, 0.1) is 47.7 Å². The van der Waals surface area contributed by atoms with Crippen molar-refractivity contribution in [1.82, 2.24) is 35.0 Å². The van der Waals surface area contributed by atoms with Gasteiger partial charge in [0.1, 0.15) is 5.69 Å². The highest BCUT2D eigenvalue weighted by Gasteiger charge is 2.18. The number of H-pyrrole nitrogens is 2. The normalized spacial score (nSPS) is 14.1. The number of hydrogen-bond donors (Lipinski definition) is 3. The maximum absolute atomic E-state index is 12.2. The predicted molar refractivity (Wildman–Crippen MR) is 145 cm³/mol. The molecule has 6 heterocycles. The summed E-state index contributed by atoms with van der Waals surface area (Å²) >= 11 is 0. The number of anilines is 2. The van der Waals surface area contributed by atoms with E-state index < -0.39 is 0 Å². The molecule has 0 bridgehead atoms. The molecule has 5 aromatic heterocycles. The van der Waals surface area contributed by atoms with Crippen LogP contribution >= 0.6 is 0 Å². The van der Waals surface area contributed by atoms with Gasteiger partial charge >= 0.3 is 0 Å². The van der Waals surface area contributed by atoms with E-state index in [0.29, 0.717) is 17.9 Å². The number of fused-ring (bicyclic) bond motifs is 2. The number of nitrogens with zero attached hydrogens (tertiary/aromatic N) is 6.